The van der Waals surface area contributed by atoms with Gasteiger partial charge in [0.15, 0.2) is 11.5 Å². The van der Waals surface area contributed by atoms with Crippen molar-refractivity contribution in [2.75, 3.05) is 37.6 Å². The highest BCUT2D eigenvalue weighted by Gasteiger charge is 2.32. The molecule has 0 aliphatic carbocycles. The Bertz CT molecular complexity index is 1220. The molecule has 2 aromatic rings. The van der Waals surface area contributed by atoms with Gasteiger partial charge in [-0.25, -0.2) is 8.42 Å². The van der Waals surface area contributed by atoms with Crippen molar-refractivity contribution in [3.8, 4) is 17.2 Å². The highest BCUT2D eigenvalue weighted by atomic mass is 32.2. The lowest BCUT2D eigenvalue weighted by molar-refractivity contribution is -0.140. The Balaban J connectivity index is 1.94. The molecule has 1 heterocycles. The van der Waals surface area contributed by atoms with Gasteiger partial charge in [-0.3, -0.25) is 13.9 Å². The maximum atomic E-state index is 13.8. The van der Waals surface area contributed by atoms with Crippen molar-refractivity contribution in [3.63, 3.8) is 0 Å². The van der Waals surface area contributed by atoms with E-state index < -0.39 is 28.5 Å². The van der Waals surface area contributed by atoms with E-state index in [9.17, 15) is 18.0 Å². The molecule has 1 aliphatic rings. The molecule has 2 amide bonds. The normalized spacial score (nSPS) is 13.2. The summed E-state index contributed by atoms with van der Waals surface area (Å²) >= 11 is 0. The van der Waals surface area contributed by atoms with Gasteiger partial charge in [-0.2, -0.15) is 0 Å². The van der Waals surface area contributed by atoms with Crippen LogP contribution in [0.2, 0.25) is 0 Å². The van der Waals surface area contributed by atoms with Crippen molar-refractivity contribution in [2.24, 2.45) is 5.92 Å². The Morgan fingerprint density at radius 2 is 1.84 bits per heavy atom. The second-order valence-electron chi connectivity index (χ2n) is 9.24. The van der Waals surface area contributed by atoms with Gasteiger partial charge < -0.3 is 24.4 Å². The summed E-state index contributed by atoms with van der Waals surface area (Å²) in [4.78, 5) is 28.3. The van der Waals surface area contributed by atoms with E-state index in [1.807, 2.05) is 26.8 Å². The lowest BCUT2D eigenvalue weighted by atomic mass is 10.1. The smallest absolute Gasteiger partial charge is 0.244 e. The fourth-order valence-corrected chi connectivity index (χ4v) is 4.81. The summed E-state index contributed by atoms with van der Waals surface area (Å²) < 4.78 is 42.6. The molecule has 1 N–H and O–H groups in total. The zero-order valence-corrected chi connectivity index (χ0v) is 22.7. The van der Waals surface area contributed by atoms with Crippen molar-refractivity contribution in [2.45, 2.75) is 39.8 Å². The predicted molar refractivity (Wildman–Crippen MR) is 140 cm³/mol. The lowest BCUT2D eigenvalue weighted by Gasteiger charge is -2.33. The molecule has 0 fully saturated rings. The van der Waals surface area contributed by atoms with Crippen LogP contribution in [0.5, 0.6) is 17.2 Å². The molecule has 0 radical (unpaired) electrons. The topological polar surface area (TPSA) is 114 Å². The molecule has 1 atom stereocenters. The molecule has 0 saturated carbocycles. The van der Waals surface area contributed by atoms with Crippen LogP contribution in [-0.2, 0) is 26.2 Å². The van der Waals surface area contributed by atoms with Crippen molar-refractivity contribution in [1.82, 2.24) is 10.2 Å². The molecule has 0 spiro atoms. The summed E-state index contributed by atoms with van der Waals surface area (Å²) in [6.45, 7) is 5.89. The number of hydrogen-bond donors (Lipinski definition) is 1. The Morgan fingerprint density at radius 3 is 2.49 bits per heavy atom. The quantitative estimate of drug-likeness (QED) is 0.446. The van der Waals surface area contributed by atoms with Gasteiger partial charge in [-0.1, -0.05) is 32.9 Å². The molecule has 1 aliphatic heterocycles. The second kappa shape index (κ2) is 12.2. The van der Waals surface area contributed by atoms with Crippen molar-refractivity contribution in [1.29, 1.82) is 0 Å². The van der Waals surface area contributed by atoms with E-state index in [1.165, 1.54) is 11.0 Å². The number of nitrogens with zero attached hydrogens (tertiary/aromatic N) is 2. The van der Waals surface area contributed by atoms with E-state index in [0.717, 1.165) is 16.1 Å². The number of ether oxygens (including phenoxy) is 3. The number of carbonyl (C=O) groups excluding carboxylic acids is 2. The van der Waals surface area contributed by atoms with Crippen LogP contribution in [0, 0.1) is 5.92 Å². The zero-order chi connectivity index (χ0) is 27.2. The van der Waals surface area contributed by atoms with Gasteiger partial charge in [-0.15, -0.1) is 0 Å². The van der Waals surface area contributed by atoms with Gasteiger partial charge in [0.2, 0.25) is 28.6 Å². The standard InChI is InChI=1S/C26H35N3O7S/c1-6-22(26(31)27-14-18(2)3)28(15-19-8-7-9-21(12-19)34-4)25(30)16-29(37(5,32)33)20-10-11-23-24(13-20)36-17-35-23/h7-13,18,22H,6,14-17H2,1-5H3,(H,27,31)/t22-/m1/s1. The number of amides is 2. The Hall–Kier alpha value is -3.47. The molecular formula is C26H35N3O7S. The fourth-order valence-electron chi connectivity index (χ4n) is 3.96. The molecule has 0 aromatic heterocycles. The number of carbonyl (C=O) groups is 2. The number of benzene rings is 2. The average molecular weight is 534 g/mol. The third-order valence-corrected chi connectivity index (χ3v) is 7.02. The van der Waals surface area contributed by atoms with E-state index in [4.69, 9.17) is 14.2 Å². The van der Waals surface area contributed by atoms with E-state index in [0.29, 0.717) is 30.2 Å². The summed E-state index contributed by atoms with van der Waals surface area (Å²) in [5.41, 5.74) is 1.01. The summed E-state index contributed by atoms with van der Waals surface area (Å²) in [6, 6.07) is 11.1. The number of fused-ring (bicyclic) bond motifs is 1. The molecule has 3 rings (SSSR count). The predicted octanol–water partition coefficient (Wildman–Crippen LogP) is 2.77. The molecule has 202 valence electrons. The zero-order valence-electron chi connectivity index (χ0n) is 21.9. The van der Waals surface area contributed by atoms with Crippen LogP contribution in [0.4, 0.5) is 5.69 Å². The summed E-state index contributed by atoms with van der Waals surface area (Å²) in [7, 11) is -2.31. The molecule has 37 heavy (non-hydrogen) atoms. The van der Waals surface area contributed by atoms with Crippen LogP contribution in [0.3, 0.4) is 0 Å². The number of hydrogen-bond acceptors (Lipinski definition) is 7. The van der Waals surface area contributed by atoms with Gasteiger partial charge in [0.25, 0.3) is 0 Å². The van der Waals surface area contributed by atoms with Gasteiger partial charge in [0.05, 0.1) is 19.1 Å². The van der Waals surface area contributed by atoms with E-state index >= 15 is 0 Å². The van der Waals surface area contributed by atoms with Gasteiger partial charge >= 0.3 is 0 Å². The summed E-state index contributed by atoms with van der Waals surface area (Å²) in [6.07, 6.45) is 1.38. The van der Waals surface area contributed by atoms with Crippen LogP contribution in [0.15, 0.2) is 42.5 Å². The van der Waals surface area contributed by atoms with Crippen molar-refractivity contribution >= 4 is 27.5 Å². The molecule has 0 saturated heterocycles. The first-order chi connectivity index (χ1) is 17.5. The van der Waals surface area contributed by atoms with Crippen LogP contribution < -0.4 is 23.8 Å². The molecular weight excluding hydrogens is 498 g/mol. The highest BCUT2D eigenvalue weighted by Crippen LogP contribution is 2.36. The average Bonchev–Trinajstić information content (AvgIpc) is 3.33. The van der Waals surface area contributed by atoms with E-state index in [2.05, 4.69) is 5.32 Å². The minimum absolute atomic E-state index is 0.0363. The maximum Gasteiger partial charge on any atom is 0.244 e. The van der Waals surface area contributed by atoms with Crippen LogP contribution in [-0.4, -0.2) is 64.4 Å². The third-order valence-electron chi connectivity index (χ3n) is 5.88. The highest BCUT2D eigenvalue weighted by molar-refractivity contribution is 7.92. The Kier molecular flexibility index (Phi) is 9.25. The fraction of sp³-hybridized carbons (Fsp3) is 0.462. The summed E-state index contributed by atoms with van der Waals surface area (Å²) in [5, 5.41) is 2.90. The lowest BCUT2D eigenvalue weighted by Crippen LogP contribution is -2.52. The largest absolute Gasteiger partial charge is 0.497 e. The van der Waals surface area contributed by atoms with Crippen LogP contribution in [0.1, 0.15) is 32.8 Å². The SMILES string of the molecule is CC[C@H](C(=O)NCC(C)C)N(Cc1cccc(OC)c1)C(=O)CN(c1ccc2c(c1)OCO2)S(C)(=O)=O. The Labute approximate surface area is 218 Å². The van der Waals surface area contributed by atoms with Crippen molar-refractivity contribution < 1.29 is 32.2 Å². The summed E-state index contributed by atoms with van der Waals surface area (Å²) in [5.74, 6) is 0.928. The monoisotopic (exact) mass is 533 g/mol. The number of rotatable bonds is 12. The molecule has 2 aromatic carbocycles. The van der Waals surface area contributed by atoms with Gasteiger partial charge in [-0.05, 0) is 42.2 Å². The number of anilines is 1. The number of nitrogens with one attached hydrogen (secondary N) is 1. The maximum absolute atomic E-state index is 13.8. The molecule has 0 bridgehead atoms. The van der Waals surface area contributed by atoms with Gasteiger partial charge in [0.1, 0.15) is 18.3 Å². The Morgan fingerprint density at radius 1 is 1.11 bits per heavy atom. The van der Waals surface area contributed by atoms with Crippen LogP contribution >= 0.6 is 0 Å². The van der Waals surface area contributed by atoms with Crippen molar-refractivity contribution in [3.05, 3.63) is 48.0 Å². The van der Waals surface area contributed by atoms with E-state index in [1.54, 1.807) is 37.4 Å². The molecule has 10 nitrogen and oxygen atoms in total. The minimum atomic E-state index is -3.85. The second-order valence-corrected chi connectivity index (χ2v) is 11.2. The first-order valence-corrected chi connectivity index (χ1v) is 14.0. The number of sulfonamides is 1. The minimum Gasteiger partial charge on any atom is -0.497 e. The van der Waals surface area contributed by atoms with Gasteiger partial charge in [0, 0.05) is 19.2 Å². The first-order valence-electron chi connectivity index (χ1n) is 12.1. The first kappa shape index (κ1) is 28.1. The van der Waals surface area contributed by atoms with Crippen LogP contribution in [0.25, 0.3) is 0 Å². The molecule has 11 heteroatoms. The number of methoxy groups -OCH3 is 1. The van der Waals surface area contributed by atoms with E-state index in [-0.39, 0.29) is 30.9 Å². The molecule has 0 unspecified atom stereocenters. The third kappa shape index (κ3) is 7.28.